The summed E-state index contributed by atoms with van der Waals surface area (Å²) >= 11 is 0. The van der Waals surface area contributed by atoms with Gasteiger partial charge in [-0.15, -0.1) is 0 Å². The first-order valence-corrected chi connectivity index (χ1v) is 3.05. The Morgan fingerprint density at radius 2 is 1.50 bits per heavy atom. The third kappa shape index (κ3) is 3.67. The maximum absolute atomic E-state index is 11.7. The summed E-state index contributed by atoms with van der Waals surface area (Å²) in [6, 6.07) is 0. The fourth-order valence-corrected chi connectivity index (χ4v) is 0.483. The molecule has 0 N–H and O–H groups in total. The van der Waals surface area contributed by atoms with Crippen LogP contribution in [0.4, 0.5) is 26.3 Å². The lowest BCUT2D eigenvalue weighted by Crippen LogP contribution is -2.45. The number of carbonyl (C=O) groups excluding carboxylic acids is 1. The SMILES string of the molecule is C=CC(=O)OC(C(F)(F)F)C(F)(F)F. The van der Waals surface area contributed by atoms with Gasteiger partial charge in [0, 0.05) is 6.08 Å². The standard InChI is InChI=1S/C6H4F6O2/c1-2-3(13)14-4(5(7,8)9)6(10,11)12/h2,4H,1H2. The van der Waals surface area contributed by atoms with Crippen molar-refractivity contribution in [3.63, 3.8) is 0 Å². The van der Waals surface area contributed by atoms with Gasteiger partial charge in [0.05, 0.1) is 0 Å². The Morgan fingerprint density at radius 3 is 1.71 bits per heavy atom. The van der Waals surface area contributed by atoms with Crippen LogP contribution in [-0.2, 0) is 9.53 Å². The Balaban J connectivity index is 4.76. The van der Waals surface area contributed by atoms with Crippen LogP contribution in [0.1, 0.15) is 0 Å². The van der Waals surface area contributed by atoms with Gasteiger partial charge in [0.1, 0.15) is 0 Å². The van der Waals surface area contributed by atoms with Crippen molar-refractivity contribution in [2.24, 2.45) is 0 Å². The Bertz CT molecular complexity index is 213. The largest absolute Gasteiger partial charge is 0.440 e. The van der Waals surface area contributed by atoms with E-state index >= 15 is 0 Å². The first kappa shape index (κ1) is 12.8. The lowest BCUT2D eigenvalue weighted by atomic mass is 10.3. The molecule has 82 valence electrons. The highest BCUT2D eigenvalue weighted by molar-refractivity contribution is 5.81. The van der Waals surface area contributed by atoms with Gasteiger partial charge in [0.15, 0.2) is 0 Å². The molecule has 14 heavy (non-hydrogen) atoms. The lowest BCUT2D eigenvalue weighted by Gasteiger charge is -2.21. The number of hydrogen-bond donors (Lipinski definition) is 0. The predicted molar refractivity (Wildman–Crippen MR) is 32.2 cm³/mol. The van der Waals surface area contributed by atoms with Crippen LogP contribution in [0.5, 0.6) is 0 Å². The van der Waals surface area contributed by atoms with E-state index in [1.165, 1.54) is 0 Å². The summed E-state index contributed by atoms with van der Waals surface area (Å²) in [7, 11) is 0. The molecule has 0 aliphatic carbocycles. The van der Waals surface area contributed by atoms with E-state index in [1.54, 1.807) is 0 Å². The van der Waals surface area contributed by atoms with E-state index < -0.39 is 24.4 Å². The number of esters is 1. The van der Waals surface area contributed by atoms with Gasteiger partial charge >= 0.3 is 18.3 Å². The third-order valence-corrected chi connectivity index (χ3v) is 0.995. The fraction of sp³-hybridized carbons (Fsp3) is 0.500. The molecule has 0 aromatic carbocycles. The molecule has 0 saturated heterocycles. The molecule has 0 unspecified atom stereocenters. The number of ether oxygens (including phenoxy) is 1. The van der Waals surface area contributed by atoms with Gasteiger partial charge in [0.25, 0.3) is 6.10 Å². The summed E-state index contributed by atoms with van der Waals surface area (Å²) in [4.78, 5) is 10.2. The molecule has 0 rings (SSSR count). The van der Waals surface area contributed by atoms with Crippen LogP contribution in [0.3, 0.4) is 0 Å². The van der Waals surface area contributed by atoms with Gasteiger partial charge < -0.3 is 4.74 Å². The summed E-state index contributed by atoms with van der Waals surface area (Å²) in [6.07, 6.45) is -15.3. The molecule has 8 heteroatoms. The van der Waals surface area contributed by atoms with Crippen LogP contribution in [0.25, 0.3) is 0 Å². The van der Waals surface area contributed by atoms with Crippen molar-refractivity contribution < 1.29 is 35.9 Å². The Kier molecular flexibility index (Phi) is 3.55. The normalized spacial score (nSPS) is 12.8. The minimum Gasteiger partial charge on any atom is -0.440 e. The molecule has 0 spiro atoms. The molecule has 0 heterocycles. The second-order valence-corrected chi connectivity index (χ2v) is 2.10. The summed E-state index contributed by atoms with van der Waals surface area (Å²) < 4.78 is 73.2. The van der Waals surface area contributed by atoms with Crippen LogP contribution in [0.2, 0.25) is 0 Å². The van der Waals surface area contributed by atoms with Gasteiger partial charge in [-0.2, -0.15) is 26.3 Å². The average molecular weight is 222 g/mol. The second-order valence-electron chi connectivity index (χ2n) is 2.10. The number of carbonyl (C=O) groups is 1. The van der Waals surface area contributed by atoms with Crippen molar-refractivity contribution in [3.8, 4) is 0 Å². The van der Waals surface area contributed by atoms with E-state index in [0.717, 1.165) is 0 Å². The van der Waals surface area contributed by atoms with Gasteiger partial charge in [-0.3, -0.25) is 0 Å². The molecule has 0 aromatic heterocycles. The smallest absolute Gasteiger partial charge is 0.434 e. The highest BCUT2D eigenvalue weighted by atomic mass is 19.4. The first-order valence-electron chi connectivity index (χ1n) is 3.05. The minimum atomic E-state index is -5.68. The van der Waals surface area contributed by atoms with Crippen molar-refractivity contribution in [3.05, 3.63) is 12.7 Å². The molecule has 0 bridgehead atoms. The van der Waals surface area contributed by atoms with E-state index in [2.05, 4.69) is 11.3 Å². The van der Waals surface area contributed by atoms with Crippen molar-refractivity contribution >= 4 is 5.97 Å². The topological polar surface area (TPSA) is 26.3 Å². The maximum Gasteiger partial charge on any atom is 0.434 e. The zero-order valence-electron chi connectivity index (χ0n) is 6.45. The number of halogens is 6. The Labute approximate surface area is 74.1 Å². The van der Waals surface area contributed by atoms with Crippen LogP contribution in [0.15, 0.2) is 12.7 Å². The van der Waals surface area contributed by atoms with Crippen molar-refractivity contribution in [2.75, 3.05) is 0 Å². The summed E-state index contributed by atoms with van der Waals surface area (Å²) in [5.41, 5.74) is 0. The van der Waals surface area contributed by atoms with Crippen LogP contribution in [0, 0.1) is 0 Å². The second kappa shape index (κ2) is 3.89. The van der Waals surface area contributed by atoms with Gasteiger partial charge in [-0.05, 0) is 0 Å². The molecule has 0 fully saturated rings. The number of alkyl halides is 6. The molecule has 0 aliphatic heterocycles. The Morgan fingerprint density at radius 1 is 1.14 bits per heavy atom. The lowest BCUT2D eigenvalue weighted by molar-refractivity contribution is -0.312. The molecule has 0 saturated carbocycles. The van der Waals surface area contributed by atoms with E-state index in [1.807, 2.05) is 0 Å². The van der Waals surface area contributed by atoms with Crippen molar-refractivity contribution in [1.29, 1.82) is 0 Å². The average Bonchev–Trinajstić information content (AvgIpc) is 1.95. The molecule has 2 nitrogen and oxygen atoms in total. The molecular formula is C6H4F6O2. The van der Waals surface area contributed by atoms with Gasteiger partial charge in [-0.25, -0.2) is 4.79 Å². The summed E-state index contributed by atoms with van der Waals surface area (Å²) in [6.45, 7) is 2.67. The molecule has 0 amide bonds. The highest BCUT2D eigenvalue weighted by Gasteiger charge is 2.59. The quantitative estimate of drug-likeness (QED) is 0.406. The molecule has 0 atom stereocenters. The molecule has 0 aromatic rings. The maximum atomic E-state index is 11.7. The third-order valence-electron chi connectivity index (χ3n) is 0.995. The number of rotatable bonds is 2. The summed E-state index contributed by atoms with van der Waals surface area (Å²) in [5.74, 6) is -1.79. The van der Waals surface area contributed by atoms with E-state index in [4.69, 9.17) is 0 Å². The zero-order chi connectivity index (χ0) is 11.6. The molecular weight excluding hydrogens is 218 g/mol. The Hall–Kier alpha value is -1.21. The molecule has 0 aliphatic rings. The first-order chi connectivity index (χ1) is 6.09. The van der Waals surface area contributed by atoms with Crippen LogP contribution in [-0.4, -0.2) is 24.4 Å². The van der Waals surface area contributed by atoms with E-state index in [0.29, 0.717) is 0 Å². The van der Waals surface area contributed by atoms with E-state index in [9.17, 15) is 31.1 Å². The zero-order valence-corrected chi connectivity index (χ0v) is 6.45. The van der Waals surface area contributed by atoms with Crippen molar-refractivity contribution in [2.45, 2.75) is 18.5 Å². The fourth-order valence-electron chi connectivity index (χ4n) is 0.483. The van der Waals surface area contributed by atoms with E-state index in [-0.39, 0.29) is 6.08 Å². The van der Waals surface area contributed by atoms with Crippen molar-refractivity contribution in [1.82, 2.24) is 0 Å². The minimum absolute atomic E-state index is 0.213. The monoisotopic (exact) mass is 222 g/mol. The highest BCUT2D eigenvalue weighted by Crippen LogP contribution is 2.35. The predicted octanol–water partition coefficient (Wildman–Crippen LogP) is 2.21. The number of hydrogen-bond acceptors (Lipinski definition) is 2. The van der Waals surface area contributed by atoms with Gasteiger partial charge in [-0.1, -0.05) is 6.58 Å². The summed E-state index contributed by atoms with van der Waals surface area (Å²) in [5, 5.41) is 0. The van der Waals surface area contributed by atoms with Crippen LogP contribution < -0.4 is 0 Å². The van der Waals surface area contributed by atoms with Gasteiger partial charge in [0.2, 0.25) is 0 Å². The van der Waals surface area contributed by atoms with Crippen LogP contribution >= 0.6 is 0 Å². The molecule has 0 radical (unpaired) electrons.